The van der Waals surface area contributed by atoms with Crippen LogP contribution in [0.2, 0.25) is 0 Å². The Morgan fingerprint density at radius 2 is 1.83 bits per heavy atom. The number of hydrogen-bond acceptors (Lipinski definition) is 9. The molecule has 1 aliphatic heterocycles. The van der Waals surface area contributed by atoms with Crippen LogP contribution in [0.3, 0.4) is 0 Å². The third-order valence-corrected chi connectivity index (χ3v) is 12.6. The number of ether oxygens (including phenoxy) is 4. The van der Waals surface area contributed by atoms with Crippen LogP contribution in [0.4, 0.5) is 5.69 Å². The SMILES string of the molecule is CCN1C[C@]2(OC(=O)c3ccccc3NC(C)=O)CC[C@H](OC)[C@]34[C@@H]1[C@@H](C[C@H]23)[C@@]1(O)C[C@H](OC)[C@H]2C[C@@H]4[C@]1(O)[C@H]2OC. The van der Waals surface area contributed by atoms with Crippen LogP contribution in [-0.2, 0) is 23.7 Å². The molecule has 10 heteroatoms. The van der Waals surface area contributed by atoms with Gasteiger partial charge in [-0.2, -0.15) is 0 Å². The summed E-state index contributed by atoms with van der Waals surface area (Å²) >= 11 is 0. The number of nitrogens with zero attached hydrogens (tertiary/aromatic N) is 1. The van der Waals surface area contributed by atoms with E-state index in [1.807, 2.05) is 0 Å². The molecule has 7 rings (SSSR count). The summed E-state index contributed by atoms with van der Waals surface area (Å²) in [7, 11) is 5.05. The molecule has 0 aromatic heterocycles. The van der Waals surface area contributed by atoms with E-state index >= 15 is 0 Å². The first-order chi connectivity index (χ1) is 20.1. The second kappa shape index (κ2) is 9.46. The lowest BCUT2D eigenvalue weighted by Gasteiger charge is -2.70. The Bertz CT molecular complexity index is 1290. The van der Waals surface area contributed by atoms with E-state index in [1.165, 1.54) is 6.92 Å². The molecule has 0 unspecified atom stereocenters. The van der Waals surface area contributed by atoms with Crippen molar-refractivity contribution in [2.75, 3.05) is 39.7 Å². The summed E-state index contributed by atoms with van der Waals surface area (Å²) < 4.78 is 25.1. The average Bonchev–Trinajstić information content (AvgIpc) is 3.39. The Hall–Kier alpha value is -2.08. The van der Waals surface area contributed by atoms with Crippen LogP contribution >= 0.6 is 0 Å². The maximum Gasteiger partial charge on any atom is 0.340 e. The smallest absolute Gasteiger partial charge is 0.340 e. The number of para-hydroxylation sites is 1. The number of esters is 1. The van der Waals surface area contributed by atoms with Gasteiger partial charge in [0.15, 0.2) is 0 Å². The summed E-state index contributed by atoms with van der Waals surface area (Å²) in [5.41, 5.74) is -3.57. The van der Waals surface area contributed by atoms with E-state index < -0.39 is 34.3 Å². The van der Waals surface area contributed by atoms with Crippen LogP contribution in [0.1, 0.15) is 56.3 Å². The van der Waals surface area contributed by atoms with Crippen molar-refractivity contribution >= 4 is 17.6 Å². The molecule has 1 aromatic carbocycles. The number of carbonyl (C=O) groups is 2. The van der Waals surface area contributed by atoms with Gasteiger partial charge in [-0.1, -0.05) is 19.1 Å². The van der Waals surface area contributed by atoms with Crippen LogP contribution in [-0.4, -0.2) is 103 Å². The van der Waals surface area contributed by atoms with Crippen molar-refractivity contribution in [3.8, 4) is 0 Å². The van der Waals surface area contributed by atoms with Crippen LogP contribution in [0.5, 0.6) is 0 Å². The highest BCUT2D eigenvalue weighted by Crippen LogP contribution is 2.79. The third-order valence-electron chi connectivity index (χ3n) is 12.6. The molecule has 7 bridgehead atoms. The zero-order valence-corrected chi connectivity index (χ0v) is 25.2. The van der Waals surface area contributed by atoms with Gasteiger partial charge in [-0.25, -0.2) is 4.79 Å². The molecule has 10 nitrogen and oxygen atoms in total. The summed E-state index contributed by atoms with van der Waals surface area (Å²) in [6, 6.07) is 6.89. The van der Waals surface area contributed by atoms with Crippen molar-refractivity contribution in [2.24, 2.45) is 29.1 Å². The molecule has 5 saturated carbocycles. The monoisotopic (exact) mass is 584 g/mol. The molecule has 230 valence electrons. The van der Waals surface area contributed by atoms with Crippen LogP contribution in [0, 0.1) is 29.1 Å². The molecule has 42 heavy (non-hydrogen) atoms. The van der Waals surface area contributed by atoms with Gasteiger partial charge in [-0.3, -0.25) is 9.69 Å². The first-order valence-electron chi connectivity index (χ1n) is 15.4. The number of rotatable bonds is 7. The molecule has 12 atom stereocenters. The molecule has 6 fully saturated rings. The Morgan fingerprint density at radius 3 is 2.50 bits per heavy atom. The van der Waals surface area contributed by atoms with E-state index in [2.05, 4.69) is 17.1 Å². The second-order valence-corrected chi connectivity index (χ2v) is 13.7. The van der Waals surface area contributed by atoms with Gasteiger partial charge in [0.25, 0.3) is 0 Å². The van der Waals surface area contributed by atoms with Crippen molar-refractivity contribution in [2.45, 2.75) is 87.1 Å². The Morgan fingerprint density at radius 1 is 1.07 bits per heavy atom. The lowest BCUT2D eigenvalue weighted by Crippen LogP contribution is -2.83. The largest absolute Gasteiger partial charge is 0.454 e. The van der Waals surface area contributed by atoms with Crippen LogP contribution in [0.25, 0.3) is 0 Å². The van der Waals surface area contributed by atoms with Crippen molar-refractivity contribution in [1.29, 1.82) is 0 Å². The van der Waals surface area contributed by atoms with Gasteiger partial charge in [-0.15, -0.1) is 0 Å². The summed E-state index contributed by atoms with van der Waals surface area (Å²) in [5, 5.41) is 28.4. The lowest BCUT2D eigenvalue weighted by atomic mass is 9.44. The normalized spacial score (nSPS) is 48.2. The molecule has 5 aliphatic carbocycles. The number of nitrogens with one attached hydrogen (secondary N) is 1. The molecule has 1 spiro atoms. The van der Waals surface area contributed by atoms with Gasteiger partial charge in [0.05, 0.1) is 29.6 Å². The number of anilines is 1. The molecular weight excluding hydrogens is 540 g/mol. The van der Waals surface area contributed by atoms with Crippen molar-refractivity contribution in [1.82, 2.24) is 4.90 Å². The number of carbonyl (C=O) groups excluding carboxylic acids is 2. The zero-order chi connectivity index (χ0) is 29.8. The first-order valence-corrected chi connectivity index (χ1v) is 15.4. The van der Waals surface area contributed by atoms with E-state index in [1.54, 1.807) is 45.6 Å². The average molecular weight is 585 g/mol. The highest BCUT2D eigenvalue weighted by Gasteiger charge is 2.89. The maximum atomic E-state index is 14.0. The van der Waals surface area contributed by atoms with Gasteiger partial charge in [-0.05, 0) is 44.4 Å². The van der Waals surface area contributed by atoms with E-state index in [4.69, 9.17) is 18.9 Å². The van der Waals surface area contributed by atoms with Crippen molar-refractivity contribution in [3.63, 3.8) is 0 Å². The van der Waals surface area contributed by atoms with Gasteiger partial charge >= 0.3 is 5.97 Å². The van der Waals surface area contributed by atoms with Gasteiger partial charge in [0.1, 0.15) is 16.8 Å². The number of likely N-dealkylation sites (N-methyl/N-ethyl adjacent to an activating group) is 1. The third kappa shape index (κ3) is 3.21. The minimum Gasteiger partial charge on any atom is -0.454 e. The van der Waals surface area contributed by atoms with Crippen molar-refractivity contribution in [3.05, 3.63) is 29.8 Å². The second-order valence-electron chi connectivity index (χ2n) is 13.7. The number of fused-ring (bicyclic) bond motifs is 2. The zero-order valence-electron chi connectivity index (χ0n) is 25.2. The number of hydrogen-bond donors (Lipinski definition) is 3. The Labute approximate surface area is 247 Å². The summed E-state index contributed by atoms with van der Waals surface area (Å²) in [5.74, 6) is -1.54. The predicted octanol–water partition coefficient (Wildman–Crippen LogP) is 2.22. The highest BCUT2D eigenvalue weighted by molar-refractivity contribution is 6.00. The summed E-state index contributed by atoms with van der Waals surface area (Å²) in [4.78, 5) is 28.3. The number of amides is 1. The Kier molecular flexibility index (Phi) is 6.46. The minimum atomic E-state index is -1.48. The first kappa shape index (κ1) is 28.7. The fraction of sp³-hybridized carbons (Fsp3) is 0.750. The minimum absolute atomic E-state index is 0.0432. The molecule has 6 aliphatic rings. The maximum absolute atomic E-state index is 14.0. The van der Waals surface area contributed by atoms with Gasteiger partial charge < -0.3 is 34.5 Å². The van der Waals surface area contributed by atoms with E-state index in [0.717, 1.165) is 0 Å². The molecule has 1 saturated heterocycles. The quantitative estimate of drug-likeness (QED) is 0.414. The summed E-state index contributed by atoms with van der Waals surface area (Å²) in [6.45, 7) is 4.79. The van der Waals surface area contributed by atoms with Crippen LogP contribution in [0.15, 0.2) is 24.3 Å². The molecule has 0 radical (unpaired) electrons. The predicted molar refractivity (Wildman–Crippen MR) is 152 cm³/mol. The molecule has 1 heterocycles. The molecular formula is C32H44N2O8. The van der Waals surface area contributed by atoms with Gasteiger partial charge in [0, 0.05) is 76.3 Å². The number of likely N-dealkylation sites (tertiary alicyclic amines) is 1. The number of piperidine rings is 1. The highest BCUT2D eigenvalue weighted by atomic mass is 16.6. The van der Waals surface area contributed by atoms with E-state index in [9.17, 15) is 19.8 Å². The number of aliphatic hydroxyl groups is 2. The van der Waals surface area contributed by atoms with Crippen LogP contribution < -0.4 is 5.32 Å². The van der Waals surface area contributed by atoms with E-state index in [-0.39, 0.29) is 47.8 Å². The lowest BCUT2D eigenvalue weighted by molar-refractivity contribution is -0.337. The van der Waals surface area contributed by atoms with Crippen molar-refractivity contribution < 1.29 is 38.7 Å². The molecule has 3 N–H and O–H groups in total. The number of benzene rings is 1. The molecule has 1 amide bonds. The fourth-order valence-electron chi connectivity index (χ4n) is 11.6. The number of methoxy groups -OCH3 is 3. The standard InChI is InChI=1S/C32H44N2O8/c1-6-34-16-29(42-28(36)18-9-7-8-10-21(18)33-17(2)35)12-11-25(40-4)31-23(29)14-20(26(31)34)30(37)15-22(39-3)19-13-24(31)32(30,38)27(19)41-5/h7-10,19-20,22-27,37-38H,6,11-16H2,1-5H3,(H,33,35)/t19-,20-,22+,23-,24+,25+,26+,27+,29-,30+,31+,32+/m1/s1. The van der Waals surface area contributed by atoms with E-state index in [0.29, 0.717) is 56.4 Å². The molecule has 1 aromatic rings. The topological polar surface area (TPSA) is 127 Å². The fourth-order valence-corrected chi connectivity index (χ4v) is 11.6. The Balaban J connectivity index is 1.38. The van der Waals surface area contributed by atoms with Gasteiger partial charge in [0.2, 0.25) is 5.91 Å². The summed E-state index contributed by atoms with van der Waals surface area (Å²) in [6.07, 6.45) is 1.91.